The predicted octanol–water partition coefficient (Wildman–Crippen LogP) is 3.80. The Morgan fingerprint density at radius 3 is 2.82 bits per heavy atom. The number of phenols is 1. The molecule has 1 amide bonds. The van der Waals surface area contributed by atoms with Gasteiger partial charge < -0.3 is 24.9 Å². The van der Waals surface area contributed by atoms with Crippen LogP contribution in [-0.2, 0) is 4.79 Å². The van der Waals surface area contributed by atoms with Crippen molar-refractivity contribution in [2.75, 3.05) is 31.1 Å². The Morgan fingerprint density at radius 2 is 2.09 bits per heavy atom. The van der Waals surface area contributed by atoms with E-state index in [-0.39, 0.29) is 69.9 Å². The Hall–Kier alpha value is -4.76. The molecule has 0 radical (unpaired) electrons. The lowest BCUT2D eigenvalue weighted by Crippen LogP contribution is -2.60. The van der Waals surface area contributed by atoms with Gasteiger partial charge in [0.2, 0.25) is 5.91 Å². The number of halogens is 2. The summed E-state index contributed by atoms with van der Waals surface area (Å²) < 4.78 is 41.4. The number of aromatic hydroxyl groups is 1. The zero-order valence-electron chi connectivity index (χ0n) is 24.8. The molecule has 45 heavy (non-hydrogen) atoms. The molecule has 3 saturated heterocycles. The molecular formula is C33H31F2N5O5. The predicted molar refractivity (Wildman–Crippen MR) is 163 cm³/mol. The van der Waals surface area contributed by atoms with Gasteiger partial charge in [0, 0.05) is 42.1 Å². The highest BCUT2D eigenvalue weighted by molar-refractivity contribution is 6.03. The van der Waals surface area contributed by atoms with Gasteiger partial charge in [0.05, 0.1) is 22.5 Å². The van der Waals surface area contributed by atoms with Gasteiger partial charge in [0.1, 0.15) is 35.5 Å². The van der Waals surface area contributed by atoms with Gasteiger partial charge in [-0.1, -0.05) is 12.0 Å². The fourth-order valence-corrected chi connectivity index (χ4v) is 7.36. The number of aryl methyl sites for hydroxylation is 1. The topological polar surface area (TPSA) is 135 Å². The van der Waals surface area contributed by atoms with Crippen LogP contribution in [0, 0.1) is 31.0 Å². The number of terminal acetylenes is 1. The highest BCUT2D eigenvalue weighted by Crippen LogP contribution is 2.42. The second-order valence-corrected chi connectivity index (χ2v) is 12.3. The van der Waals surface area contributed by atoms with Crippen LogP contribution >= 0.6 is 0 Å². The molecule has 4 atom stereocenters. The molecule has 232 valence electrons. The van der Waals surface area contributed by atoms with E-state index in [9.17, 15) is 23.5 Å². The van der Waals surface area contributed by atoms with E-state index in [0.717, 1.165) is 19.4 Å². The van der Waals surface area contributed by atoms with E-state index in [1.165, 1.54) is 24.3 Å². The number of primary amides is 1. The third-order valence-corrected chi connectivity index (χ3v) is 9.74. The molecule has 0 aliphatic carbocycles. The molecule has 2 aromatic heterocycles. The molecule has 3 N–H and O–H groups in total. The summed E-state index contributed by atoms with van der Waals surface area (Å²) in [6.45, 7) is 5.02. The van der Waals surface area contributed by atoms with Crippen molar-refractivity contribution in [3.05, 3.63) is 51.6 Å². The summed E-state index contributed by atoms with van der Waals surface area (Å²) in [5, 5.41) is 11.4. The van der Waals surface area contributed by atoms with E-state index < -0.39 is 35.0 Å². The zero-order valence-corrected chi connectivity index (χ0v) is 24.8. The van der Waals surface area contributed by atoms with Gasteiger partial charge in [-0.3, -0.25) is 9.69 Å². The minimum atomic E-state index is -0.945. The molecule has 7 rings (SSSR count). The molecule has 3 fully saturated rings. The maximum Gasteiger partial charge on any atom is 0.349 e. The third kappa shape index (κ3) is 4.48. The van der Waals surface area contributed by atoms with E-state index in [2.05, 4.69) is 20.8 Å². The molecule has 4 aromatic rings. The molecule has 10 nitrogen and oxygen atoms in total. The number of nitrogens with two attached hydrogens (primary N) is 1. The quantitative estimate of drug-likeness (QED) is 0.311. The summed E-state index contributed by atoms with van der Waals surface area (Å²) in [7, 11) is 0. The van der Waals surface area contributed by atoms with Crippen LogP contribution in [0.5, 0.6) is 11.8 Å². The number of benzene rings is 2. The molecule has 0 saturated carbocycles. The number of ether oxygens (including phenoxy) is 1. The molecule has 5 heterocycles. The first kappa shape index (κ1) is 29.0. The largest absolute Gasteiger partial charge is 0.508 e. The summed E-state index contributed by atoms with van der Waals surface area (Å²) in [6.07, 6.45) is 6.80. The Bertz CT molecular complexity index is 2010. The molecule has 0 spiro atoms. The summed E-state index contributed by atoms with van der Waals surface area (Å²) in [4.78, 5) is 38.9. The van der Waals surface area contributed by atoms with E-state index in [4.69, 9.17) is 21.3 Å². The number of alkyl halides is 1. The fraction of sp³-hybridized carbons (Fsp3) is 0.394. The van der Waals surface area contributed by atoms with Gasteiger partial charge in [0.15, 0.2) is 5.82 Å². The number of hydrogen-bond donors (Lipinski definition) is 2. The van der Waals surface area contributed by atoms with Gasteiger partial charge in [-0.05, 0) is 56.8 Å². The van der Waals surface area contributed by atoms with Crippen molar-refractivity contribution in [1.82, 2.24) is 14.9 Å². The summed E-state index contributed by atoms with van der Waals surface area (Å²) in [5.74, 6) is 0.928. The van der Waals surface area contributed by atoms with Gasteiger partial charge in [-0.2, -0.15) is 9.97 Å². The molecule has 0 bridgehead atoms. The van der Waals surface area contributed by atoms with Gasteiger partial charge >= 0.3 is 11.6 Å². The van der Waals surface area contributed by atoms with Crippen LogP contribution in [0.25, 0.3) is 33.0 Å². The monoisotopic (exact) mass is 615 g/mol. The van der Waals surface area contributed by atoms with Crippen LogP contribution < -0.4 is 21.0 Å². The lowest BCUT2D eigenvalue weighted by atomic mass is 9.89. The van der Waals surface area contributed by atoms with Crippen LogP contribution in [0.1, 0.15) is 37.3 Å². The average Bonchev–Trinajstić information content (AvgIpc) is 3.52. The van der Waals surface area contributed by atoms with Gasteiger partial charge in [-0.15, -0.1) is 6.42 Å². The number of fused-ring (bicyclic) bond motifs is 3. The number of rotatable bonds is 6. The normalized spacial score (nSPS) is 24.5. The Balaban J connectivity index is 1.41. The summed E-state index contributed by atoms with van der Waals surface area (Å²) in [6, 6.07) is 5.10. The molecule has 12 heteroatoms. The summed E-state index contributed by atoms with van der Waals surface area (Å²) >= 11 is 0. The highest BCUT2D eigenvalue weighted by atomic mass is 19.1. The van der Waals surface area contributed by atoms with Crippen LogP contribution in [0.15, 0.2) is 33.5 Å². The second-order valence-electron chi connectivity index (χ2n) is 12.3. The smallest absolute Gasteiger partial charge is 0.349 e. The Morgan fingerprint density at radius 1 is 1.29 bits per heavy atom. The lowest BCUT2D eigenvalue weighted by Gasteiger charge is -2.45. The van der Waals surface area contributed by atoms with Crippen LogP contribution in [0.2, 0.25) is 0 Å². The minimum absolute atomic E-state index is 0.0217. The number of amides is 1. The fourth-order valence-electron chi connectivity index (χ4n) is 7.36. The van der Waals surface area contributed by atoms with Crippen molar-refractivity contribution in [1.29, 1.82) is 0 Å². The maximum absolute atomic E-state index is 14.8. The van der Waals surface area contributed by atoms with Crippen molar-refractivity contribution < 1.29 is 27.8 Å². The van der Waals surface area contributed by atoms with Crippen molar-refractivity contribution in [3.63, 3.8) is 0 Å². The number of phenolic OH excluding ortho intramolecular Hbond substituents is 1. The SMILES string of the molecule is C#Cc1c(F)ccc2cc(O)cc(-c3oc(=O)c4c(N5C[C@@H](C(N)=O)[C@H]5C)nc(OC[C@@]56CCCN5C[C@H](F)C6)nc4c3C)c12. The first-order valence-corrected chi connectivity index (χ1v) is 14.9. The van der Waals surface area contributed by atoms with Crippen molar-refractivity contribution in [2.45, 2.75) is 50.9 Å². The van der Waals surface area contributed by atoms with Crippen LogP contribution in [-0.4, -0.2) is 69.9 Å². The third-order valence-electron chi connectivity index (χ3n) is 9.74. The minimum Gasteiger partial charge on any atom is -0.508 e. The van der Waals surface area contributed by atoms with Crippen LogP contribution in [0.4, 0.5) is 14.6 Å². The van der Waals surface area contributed by atoms with Gasteiger partial charge in [0.25, 0.3) is 0 Å². The Kier molecular flexibility index (Phi) is 6.70. The Labute approximate surface area is 256 Å². The van der Waals surface area contributed by atoms with Crippen molar-refractivity contribution >= 4 is 33.4 Å². The first-order chi connectivity index (χ1) is 21.5. The van der Waals surface area contributed by atoms with Gasteiger partial charge in [-0.25, -0.2) is 13.6 Å². The number of aromatic nitrogens is 2. The number of anilines is 1. The number of carbonyl (C=O) groups excluding carboxylic acids is 1. The van der Waals surface area contributed by atoms with E-state index in [0.29, 0.717) is 23.9 Å². The van der Waals surface area contributed by atoms with E-state index >= 15 is 0 Å². The van der Waals surface area contributed by atoms with E-state index in [1.54, 1.807) is 18.7 Å². The molecular weight excluding hydrogens is 584 g/mol. The van der Waals surface area contributed by atoms with Crippen molar-refractivity contribution in [2.24, 2.45) is 11.7 Å². The standard InChI is InChI=1S/C33H31F2N5O5/c1-4-21-24(35)7-6-18-10-20(41)11-22(25(18)21)28-16(2)27-26(31(43)45-28)30(40-14-23(17(40)3)29(36)42)38-32(37-27)44-15-33-8-5-9-39(33)13-19(34)12-33/h1,6-7,10-11,17,19,23,41H,5,8-9,12-15H2,2-3H3,(H2,36,42)/t17-,19-,23-,33+/m1/s1. The molecule has 2 aromatic carbocycles. The van der Waals surface area contributed by atoms with Crippen LogP contribution in [0.3, 0.4) is 0 Å². The van der Waals surface area contributed by atoms with E-state index in [1.807, 2.05) is 0 Å². The second kappa shape index (κ2) is 10.4. The number of nitrogens with zero attached hydrogens (tertiary/aromatic N) is 4. The number of carbonyl (C=O) groups is 1. The summed E-state index contributed by atoms with van der Waals surface area (Å²) in [5.41, 5.74) is 5.09. The highest BCUT2D eigenvalue weighted by Gasteiger charge is 2.49. The average molecular weight is 616 g/mol. The van der Waals surface area contributed by atoms with Crippen molar-refractivity contribution in [3.8, 4) is 35.4 Å². The lowest BCUT2D eigenvalue weighted by molar-refractivity contribution is -0.123. The first-order valence-electron chi connectivity index (χ1n) is 14.9. The molecule has 0 unspecified atom stereocenters. The zero-order chi connectivity index (χ0) is 31.8. The maximum atomic E-state index is 14.8. The molecule has 3 aliphatic heterocycles. The number of hydrogen-bond acceptors (Lipinski definition) is 9. The molecule has 3 aliphatic rings.